The van der Waals surface area contributed by atoms with Gasteiger partial charge in [-0.3, -0.25) is 14.2 Å². The number of para-hydroxylation sites is 2. The summed E-state index contributed by atoms with van der Waals surface area (Å²) in [4.78, 5) is 31.9. The van der Waals surface area contributed by atoms with Crippen molar-refractivity contribution in [3.8, 4) is 5.69 Å². The Labute approximate surface area is 187 Å². The van der Waals surface area contributed by atoms with Crippen LogP contribution in [0, 0.1) is 11.6 Å². The lowest BCUT2D eigenvalue weighted by atomic mass is 10.2. The molecule has 0 fully saturated rings. The predicted octanol–water partition coefficient (Wildman–Crippen LogP) is 4.41. The van der Waals surface area contributed by atoms with Gasteiger partial charge in [-0.25, -0.2) is 13.8 Å². The van der Waals surface area contributed by atoms with E-state index in [2.05, 4.69) is 4.98 Å². The maximum Gasteiger partial charge on any atom is 0.266 e. The summed E-state index contributed by atoms with van der Waals surface area (Å²) >= 11 is 1.06. The summed E-state index contributed by atoms with van der Waals surface area (Å²) < 4.78 is 28.8. The topological polar surface area (TPSA) is 55.2 Å². The maximum absolute atomic E-state index is 14.5. The Kier molecular flexibility index (Phi) is 6.32. The monoisotopic (exact) mass is 451 g/mol. The molecular weight excluding hydrogens is 432 g/mol. The number of fused-ring (bicyclic) bond motifs is 1. The zero-order valence-corrected chi connectivity index (χ0v) is 18.0. The van der Waals surface area contributed by atoms with E-state index < -0.39 is 11.4 Å². The quantitative estimate of drug-likeness (QED) is 0.322. The maximum atomic E-state index is 14.5. The van der Waals surface area contributed by atoms with Crippen molar-refractivity contribution in [1.29, 1.82) is 0 Å². The summed E-state index contributed by atoms with van der Waals surface area (Å²) in [5, 5.41) is 0.585. The third-order valence-corrected chi connectivity index (χ3v) is 5.85. The van der Waals surface area contributed by atoms with Crippen LogP contribution in [0.25, 0.3) is 16.6 Å². The van der Waals surface area contributed by atoms with Gasteiger partial charge in [-0.1, -0.05) is 48.2 Å². The van der Waals surface area contributed by atoms with Gasteiger partial charge in [-0.05, 0) is 42.0 Å². The molecule has 162 valence electrons. The average Bonchev–Trinajstić information content (AvgIpc) is 2.80. The van der Waals surface area contributed by atoms with Gasteiger partial charge in [-0.2, -0.15) is 0 Å². The van der Waals surface area contributed by atoms with E-state index in [-0.39, 0.29) is 28.3 Å². The molecule has 0 saturated carbocycles. The molecule has 32 heavy (non-hydrogen) atoms. The van der Waals surface area contributed by atoms with Crippen LogP contribution in [-0.4, -0.2) is 33.2 Å². The molecule has 4 rings (SSSR count). The van der Waals surface area contributed by atoms with E-state index in [1.54, 1.807) is 55.6 Å². The molecular formula is C24H19F2N3O2S. The molecule has 0 unspecified atom stereocenters. The smallest absolute Gasteiger partial charge is 0.266 e. The molecule has 8 heteroatoms. The van der Waals surface area contributed by atoms with Gasteiger partial charge in [0.1, 0.15) is 11.6 Å². The summed E-state index contributed by atoms with van der Waals surface area (Å²) in [6.45, 7) is 0.310. The minimum Gasteiger partial charge on any atom is -0.341 e. The molecule has 0 aliphatic rings. The number of carbonyl (C=O) groups is 1. The lowest BCUT2D eigenvalue weighted by Gasteiger charge is -2.18. The Balaban J connectivity index is 1.63. The highest BCUT2D eigenvalue weighted by Gasteiger charge is 2.18. The fourth-order valence-electron chi connectivity index (χ4n) is 3.24. The Morgan fingerprint density at radius 2 is 1.69 bits per heavy atom. The number of aromatic nitrogens is 2. The number of benzene rings is 3. The van der Waals surface area contributed by atoms with E-state index in [4.69, 9.17) is 0 Å². The third kappa shape index (κ3) is 4.55. The van der Waals surface area contributed by atoms with Crippen molar-refractivity contribution in [1.82, 2.24) is 14.5 Å². The van der Waals surface area contributed by atoms with Crippen LogP contribution in [0.3, 0.4) is 0 Å². The van der Waals surface area contributed by atoms with Gasteiger partial charge < -0.3 is 4.90 Å². The highest BCUT2D eigenvalue weighted by atomic mass is 32.2. The highest BCUT2D eigenvalue weighted by molar-refractivity contribution is 7.99. The minimum absolute atomic E-state index is 0.00305. The first-order chi connectivity index (χ1) is 15.4. The fraction of sp³-hybridized carbons (Fsp3) is 0.125. The van der Waals surface area contributed by atoms with Gasteiger partial charge in [0.05, 0.1) is 22.3 Å². The van der Waals surface area contributed by atoms with Crippen molar-refractivity contribution < 1.29 is 13.6 Å². The molecule has 1 heterocycles. The number of hydrogen-bond donors (Lipinski definition) is 0. The van der Waals surface area contributed by atoms with Gasteiger partial charge in [0, 0.05) is 13.6 Å². The van der Waals surface area contributed by atoms with Crippen molar-refractivity contribution in [2.24, 2.45) is 0 Å². The average molecular weight is 451 g/mol. The molecule has 5 nitrogen and oxygen atoms in total. The SMILES string of the molecule is CN(Cc1ccc(F)cc1)C(=O)CSc1nc2ccccc2c(=O)n1-c1ccccc1F. The molecule has 0 spiro atoms. The van der Waals surface area contributed by atoms with Gasteiger partial charge in [0.25, 0.3) is 5.56 Å². The summed E-state index contributed by atoms with van der Waals surface area (Å²) in [5.41, 5.74) is 0.930. The molecule has 0 N–H and O–H groups in total. The van der Waals surface area contributed by atoms with Crippen LogP contribution in [0.15, 0.2) is 82.7 Å². The molecule has 4 aromatic rings. The zero-order chi connectivity index (χ0) is 22.7. The van der Waals surface area contributed by atoms with E-state index in [0.717, 1.165) is 17.3 Å². The standard InChI is InChI=1S/C24H19F2N3O2S/c1-28(14-16-10-12-17(25)13-11-16)22(30)15-32-24-27-20-8-4-2-6-18(20)23(31)29(24)21-9-5-3-7-19(21)26/h2-13H,14-15H2,1H3. The van der Waals surface area contributed by atoms with Crippen LogP contribution in [0.1, 0.15) is 5.56 Å². The van der Waals surface area contributed by atoms with Crippen LogP contribution < -0.4 is 5.56 Å². The molecule has 0 atom stereocenters. The van der Waals surface area contributed by atoms with Crippen LogP contribution >= 0.6 is 11.8 Å². The summed E-state index contributed by atoms with van der Waals surface area (Å²) in [7, 11) is 1.64. The fourth-order valence-corrected chi connectivity index (χ4v) is 4.19. The summed E-state index contributed by atoms with van der Waals surface area (Å²) in [6, 6.07) is 18.7. The summed E-state index contributed by atoms with van der Waals surface area (Å²) in [6.07, 6.45) is 0. The zero-order valence-electron chi connectivity index (χ0n) is 17.2. The second-order valence-corrected chi connectivity index (χ2v) is 8.11. The van der Waals surface area contributed by atoms with Gasteiger partial charge in [0.15, 0.2) is 5.16 Å². The van der Waals surface area contributed by atoms with Gasteiger partial charge in [0.2, 0.25) is 5.91 Å². The highest BCUT2D eigenvalue weighted by Crippen LogP contribution is 2.23. The first-order valence-corrected chi connectivity index (χ1v) is 10.8. The van der Waals surface area contributed by atoms with Crippen molar-refractivity contribution in [2.45, 2.75) is 11.7 Å². The lowest BCUT2D eigenvalue weighted by Crippen LogP contribution is -2.28. The molecule has 0 saturated heterocycles. The van der Waals surface area contributed by atoms with Crippen LogP contribution in [-0.2, 0) is 11.3 Å². The predicted molar refractivity (Wildman–Crippen MR) is 121 cm³/mol. The third-order valence-electron chi connectivity index (χ3n) is 4.92. The number of amides is 1. The Morgan fingerprint density at radius 3 is 2.44 bits per heavy atom. The molecule has 0 bridgehead atoms. The van der Waals surface area contributed by atoms with E-state index in [9.17, 15) is 18.4 Å². The van der Waals surface area contributed by atoms with Crippen LogP contribution in [0.2, 0.25) is 0 Å². The van der Waals surface area contributed by atoms with Crippen LogP contribution in [0.5, 0.6) is 0 Å². The molecule has 1 amide bonds. The molecule has 1 aromatic heterocycles. The van der Waals surface area contributed by atoms with Crippen molar-refractivity contribution in [2.75, 3.05) is 12.8 Å². The van der Waals surface area contributed by atoms with E-state index in [1.165, 1.54) is 33.7 Å². The van der Waals surface area contributed by atoms with E-state index in [1.807, 2.05) is 0 Å². The van der Waals surface area contributed by atoms with E-state index in [0.29, 0.717) is 17.4 Å². The Morgan fingerprint density at radius 1 is 1.00 bits per heavy atom. The Bertz CT molecular complexity index is 1340. The van der Waals surface area contributed by atoms with Gasteiger partial charge >= 0.3 is 0 Å². The van der Waals surface area contributed by atoms with Crippen molar-refractivity contribution >= 4 is 28.6 Å². The second-order valence-electron chi connectivity index (χ2n) is 7.17. The molecule has 0 aliphatic heterocycles. The number of nitrogens with zero attached hydrogens (tertiary/aromatic N) is 3. The van der Waals surface area contributed by atoms with Crippen LogP contribution in [0.4, 0.5) is 8.78 Å². The molecule has 0 radical (unpaired) electrons. The first kappa shape index (κ1) is 21.7. The molecule has 0 aliphatic carbocycles. The first-order valence-electron chi connectivity index (χ1n) is 9.82. The summed E-state index contributed by atoms with van der Waals surface area (Å²) in [5.74, 6) is -1.11. The second kappa shape index (κ2) is 9.32. The largest absolute Gasteiger partial charge is 0.341 e. The van der Waals surface area contributed by atoms with Gasteiger partial charge in [-0.15, -0.1) is 0 Å². The number of thioether (sulfide) groups is 1. The molecule has 3 aromatic carbocycles. The van der Waals surface area contributed by atoms with Crippen molar-refractivity contribution in [3.05, 3.63) is 100 Å². The number of carbonyl (C=O) groups excluding carboxylic acids is 1. The normalized spacial score (nSPS) is 11.0. The van der Waals surface area contributed by atoms with Crippen molar-refractivity contribution in [3.63, 3.8) is 0 Å². The lowest BCUT2D eigenvalue weighted by molar-refractivity contribution is -0.127. The minimum atomic E-state index is -0.562. The number of rotatable bonds is 6. The van der Waals surface area contributed by atoms with E-state index >= 15 is 0 Å². The number of halogens is 2. The number of hydrogen-bond acceptors (Lipinski definition) is 4. The Hall–Kier alpha value is -3.52.